The summed E-state index contributed by atoms with van der Waals surface area (Å²) < 4.78 is 19.5. The highest BCUT2D eigenvalue weighted by molar-refractivity contribution is 9.10. The summed E-state index contributed by atoms with van der Waals surface area (Å²) in [5.41, 5.74) is 2.76. The van der Waals surface area contributed by atoms with Gasteiger partial charge in [0.2, 0.25) is 0 Å². The van der Waals surface area contributed by atoms with Gasteiger partial charge in [-0.15, -0.1) is 11.3 Å². The van der Waals surface area contributed by atoms with Crippen LogP contribution in [0.2, 0.25) is 0 Å². The number of carbonyl (C=O) groups excluding carboxylic acids is 1. The smallest absolute Gasteiger partial charge is 0.264 e. The van der Waals surface area contributed by atoms with Gasteiger partial charge >= 0.3 is 0 Å². The van der Waals surface area contributed by atoms with Crippen molar-refractivity contribution in [2.75, 3.05) is 11.9 Å². The fraction of sp³-hybridized carbons (Fsp3) is 0.238. The van der Waals surface area contributed by atoms with Crippen molar-refractivity contribution in [1.29, 1.82) is 0 Å². The molecule has 0 bridgehead atoms. The van der Waals surface area contributed by atoms with Crippen molar-refractivity contribution in [2.45, 2.75) is 26.7 Å². The van der Waals surface area contributed by atoms with Crippen molar-refractivity contribution in [3.05, 3.63) is 63.2 Å². The van der Waals surface area contributed by atoms with E-state index in [2.05, 4.69) is 33.2 Å². The Labute approximate surface area is 175 Å². The van der Waals surface area contributed by atoms with Gasteiger partial charge in [0.05, 0.1) is 10.2 Å². The Morgan fingerprint density at radius 1 is 1.25 bits per heavy atom. The van der Waals surface area contributed by atoms with Crippen LogP contribution >= 0.6 is 27.3 Å². The monoisotopic (exact) mass is 462 g/mol. The van der Waals surface area contributed by atoms with Gasteiger partial charge in [0.1, 0.15) is 11.6 Å². The lowest BCUT2D eigenvalue weighted by molar-refractivity contribution is -0.118. The summed E-state index contributed by atoms with van der Waals surface area (Å²) in [7, 11) is 0. The third kappa shape index (κ3) is 5.17. The van der Waals surface area contributed by atoms with Crippen LogP contribution in [-0.2, 0) is 11.2 Å². The molecule has 0 radical (unpaired) electrons. The predicted octanol–water partition coefficient (Wildman–Crippen LogP) is 5.99. The van der Waals surface area contributed by atoms with E-state index in [1.807, 2.05) is 25.1 Å². The van der Waals surface area contributed by atoms with Crippen molar-refractivity contribution < 1.29 is 13.9 Å². The van der Waals surface area contributed by atoms with E-state index in [-0.39, 0.29) is 18.3 Å². The number of aryl methyl sites for hydroxylation is 2. The maximum absolute atomic E-state index is 13.1. The number of hydrogen-bond acceptors (Lipinski definition) is 4. The van der Waals surface area contributed by atoms with Gasteiger partial charge in [-0.25, -0.2) is 9.37 Å². The lowest BCUT2D eigenvalue weighted by Gasteiger charge is -2.09. The molecule has 7 heteroatoms. The minimum absolute atomic E-state index is 0.115. The highest BCUT2D eigenvalue weighted by Crippen LogP contribution is 2.30. The quantitative estimate of drug-likeness (QED) is 0.468. The van der Waals surface area contributed by atoms with E-state index in [4.69, 9.17) is 4.74 Å². The van der Waals surface area contributed by atoms with Crippen LogP contribution in [0.5, 0.6) is 5.75 Å². The number of hydrogen-bond donors (Lipinski definition) is 1. The SMILES string of the molecule is CCCc1ccc(OCC(=O)Nc2nc(-c3ccc(F)cc3)c(C)s2)c(Br)c1. The summed E-state index contributed by atoms with van der Waals surface area (Å²) in [6.45, 7) is 3.93. The number of thiazole rings is 1. The van der Waals surface area contributed by atoms with E-state index in [1.54, 1.807) is 12.1 Å². The van der Waals surface area contributed by atoms with Crippen LogP contribution in [0.3, 0.4) is 0 Å². The van der Waals surface area contributed by atoms with Crippen LogP contribution in [0.15, 0.2) is 46.9 Å². The Balaban J connectivity index is 1.61. The summed E-state index contributed by atoms with van der Waals surface area (Å²) in [4.78, 5) is 17.6. The standard InChI is InChI=1S/C21H20BrFN2O2S/c1-3-4-14-5-10-18(17(22)11-14)27-12-19(26)24-21-25-20(13(2)28-21)15-6-8-16(23)9-7-15/h5-11H,3-4,12H2,1-2H3,(H,24,25,26). The van der Waals surface area contributed by atoms with Crippen molar-refractivity contribution in [1.82, 2.24) is 4.98 Å². The second kappa shape index (κ2) is 9.30. The van der Waals surface area contributed by atoms with Gasteiger partial charge in [-0.1, -0.05) is 19.4 Å². The molecule has 0 aliphatic rings. The Hall–Kier alpha value is -2.25. The van der Waals surface area contributed by atoms with Gasteiger partial charge in [0, 0.05) is 10.4 Å². The van der Waals surface area contributed by atoms with Crippen LogP contribution in [0.25, 0.3) is 11.3 Å². The van der Waals surface area contributed by atoms with Crippen LogP contribution in [0.4, 0.5) is 9.52 Å². The molecule has 1 aromatic heterocycles. The highest BCUT2D eigenvalue weighted by atomic mass is 79.9. The number of halogens is 2. The van der Waals surface area contributed by atoms with E-state index in [0.29, 0.717) is 10.9 Å². The molecule has 0 aliphatic heterocycles. The number of benzene rings is 2. The fourth-order valence-electron chi connectivity index (χ4n) is 2.73. The molecule has 4 nitrogen and oxygen atoms in total. The lowest BCUT2D eigenvalue weighted by atomic mass is 10.1. The largest absolute Gasteiger partial charge is 0.483 e. The molecule has 0 saturated heterocycles. The summed E-state index contributed by atoms with van der Waals surface area (Å²) in [5, 5.41) is 3.25. The number of aromatic nitrogens is 1. The lowest BCUT2D eigenvalue weighted by Crippen LogP contribution is -2.20. The number of rotatable bonds is 7. The first kappa shape index (κ1) is 20.5. The molecule has 0 atom stereocenters. The molecule has 2 aromatic carbocycles. The topological polar surface area (TPSA) is 51.2 Å². The van der Waals surface area contributed by atoms with Crippen LogP contribution in [0.1, 0.15) is 23.8 Å². The molecule has 1 amide bonds. The van der Waals surface area contributed by atoms with Gasteiger partial charge in [0.15, 0.2) is 11.7 Å². The Morgan fingerprint density at radius 2 is 2.00 bits per heavy atom. The first-order valence-corrected chi connectivity index (χ1v) is 10.5. The summed E-state index contributed by atoms with van der Waals surface area (Å²) in [6, 6.07) is 12.0. The van der Waals surface area contributed by atoms with E-state index in [9.17, 15) is 9.18 Å². The van der Waals surface area contributed by atoms with E-state index in [0.717, 1.165) is 33.4 Å². The Morgan fingerprint density at radius 3 is 2.68 bits per heavy atom. The average molecular weight is 463 g/mol. The molecule has 0 fully saturated rings. The second-order valence-electron chi connectivity index (χ2n) is 6.28. The molecule has 28 heavy (non-hydrogen) atoms. The molecule has 0 saturated carbocycles. The van der Waals surface area contributed by atoms with E-state index in [1.165, 1.54) is 29.0 Å². The van der Waals surface area contributed by atoms with Crippen molar-refractivity contribution in [2.24, 2.45) is 0 Å². The molecular weight excluding hydrogens is 443 g/mol. The molecule has 0 spiro atoms. The number of nitrogens with one attached hydrogen (secondary N) is 1. The Bertz CT molecular complexity index is 973. The normalized spacial score (nSPS) is 10.7. The van der Waals surface area contributed by atoms with E-state index < -0.39 is 0 Å². The fourth-order valence-corrected chi connectivity index (χ4v) is 4.12. The van der Waals surface area contributed by atoms with Gasteiger partial charge in [-0.3, -0.25) is 10.1 Å². The van der Waals surface area contributed by atoms with Crippen molar-refractivity contribution >= 4 is 38.3 Å². The zero-order valence-electron chi connectivity index (χ0n) is 15.6. The Kier molecular flexibility index (Phi) is 6.80. The third-order valence-corrected chi connectivity index (χ3v) is 5.56. The third-order valence-electron chi connectivity index (χ3n) is 4.05. The van der Waals surface area contributed by atoms with Gasteiger partial charge in [0.25, 0.3) is 5.91 Å². The number of anilines is 1. The first-order valence-electron chi connectivity index (χ1n) is 8.90. The zero-order chi connectivity index (χ0) is 20.1. The highest BCUT2D eigenvalue weighted by Gasteiger charge is 2.13. The number of amides is 1. The summed E-state index contributed by atoms with van der Waals surface area (Å²) >= 11 is 4.86. The van der Waals surface area contributed by atoms with Crippen LogP contribution < -0.4 is 10.1 Å². The predicted molar refractivity (Wildman–Crippen MR) is 115 cm³/mol. The average Bonchev–Trinajstić information content (AvgIpc) is 3.02. The van der Waals surface area contributed by atoms with Crippen LogP contribution in [0, 0.1) is 12.7 Å². The minimum Gasteiger partial charge on any atom is -0.483 e. The minimum atomic E-state index is -0.295. The molecular formula is C21H20BrFN2O2S. The molecule has 146 valence electrons. The van der Waals surface area contributed by atoms with Gasteiger partial charge < -0.3 is 4.74 Å². The number of carbonyl (C=O) groups is 1. The van der Waals surface area contributed by atoms with E-state index >= 15 is 0 Å². The van der Waals surface area contributed by atoms with Crippen molar-refractivity contribution in [3.8, 4) is 17.0 Å². The second-order valence-corrected chi connectivity index (χ2v) is 8.34. The van der Waals surface area contributed by atoms with Gasteiger partial charge in [-0.05, 0) is 71.2 Å². The number of ether oxygens (including phenoxy) is 1. The maximum atomic E-state index is 13.1. The molecule has 3 aromatic rings. The molecule has 0 aliphatic carbocycles. The number of nitrogens with zero attached hydrogens (tertiary/aromatic N) is 1. The summed E-state index contributed by atoms with van der Waals surface area (Å²) in [6.07, 6.45) is 2.07. The molecule has 1 heterocycles. The van der Waals surface area contributed by atoms with Crippen molar-refractivity contribution in [3.63, 3.8) is 0 Å². The first-order chi connectivity index (χ1) is 13.5. The molecule has 1 N–H and O–H groups in total. The van der Waals surface area contributed by atoms with Gasteiger partial charge in [-0.2, -0.15) is 0 Å². The van der Waals surface area contributed by atoms with Crippen LogP contribution in [-0.4, -0.2) is 17.5 Å². The zero-order valence-corrected chi connectivity index (χ0v) is 18.0. The summed E-state index contributed by atoms with van der Waals surface area (Å²) in [5.74, 6) is 0.0393. The maximum Gasteiger partial charge on any atom is 0.264 e. The molecule has 3 rings (SSSR count). The molecule has 0 unspecified atom stereocenters.